The van der Waals surface area contributed by atoms with Crippen LogP contribution in [-0.4, -0.2) is 5.91 Å². The molecule has 0 aliphatic carbocycles. The van der Waals surface area contributed by atoms with E-state index < -0.39 is 5.91 Å². The second-order valence-electron chi connectivity index (χ2n) is 5.88. The van der Waals surface area contributed by atoms with Crippen molar-refractivity contribution in [1.29, 1.82) is 10.5 Å². The maximum absolute atomic E-state index is 12.0. The number of nitrogens with two attached hydrogens (primary N) is 1. The molecule has 4 heteroatoms. The lowest BCUT2D eigenvalue weighted by molar-refractivity contribution is 0.100. The summed E-state index contributed by atoms with van der Waals surface area (Å²) in [5.74, 6) is -0.510. The second-order valence-corrected chi connectivity index (χ2v) is 5.88. The molecule has 0 spiro atoms. The minimum atomic E-state index is -0.510. The maximum atomic E-state index is 12.0. The van der Waals surface area contributed by atoms with E-state index in [0.29, 0.717) is 23.1 Å². The fraction of sp³-hybridized carbons (Fsp3) is 0.0455. The zero-order valence-corrected chi connectivity index (χ0v) is 13.9. The van der Waals surface area contributed by atoms with Crippen molar-refractivity contribution in [2.45, 2.75) is 6.42 Å². The highest BCUT2D eigenvalue weighted by Crippen LogP contribution is 2.30. The van der Waals surface area contributed by atoms with Crippen molar-refractivity contribution in [2.75, 3.05) is 0 Å². The van der Waals surface area contributed by atoms with E-state index in [1.165, 1.54) is 0 Å². The van der Waals surface area contributed by atoms with Gasteiger partial charge in [-0.25, -0.2) is 0 Å². The molecule has 124 valence electrons. The molecule has 0 radical (unpaired) electrons. The molecule has 0 unspecified atom stereocenters. The van der Waals surface area contributed by atoms with E-state index in [9.17, 15) is 10.1 Å². The monoisotopic (exact) mass is 337 g/mol. The van der Waals surface area contributed by atoms with Crippen LogP contribution in [0.1, 0.15) is 32.6 Å². The van der Waals surface area contributed by atoms with Crippen LogP contribution in [0.4, 0.5) is 0 Å². The molecule has 3 aromatic carbocycles. The first kappa shape index (κ1) is 17.0. The molecule has 0 heterocycles. The van der Waals surface area contributed by atoms with Gasteiger partial charge < -0.3 is 5.73 Å². The van der Waals surface area contributed by atoms with Gasteiger partial charge >= 0.3 is 0 Å². The summed E-state index contributed by atoms with van der Waals surface area (Å²) in [5, 5.41) is 18.1. The van der Waals surface area contributed by atoms with Gasteiger partial charge in [-0.2, -0.15) is 10.5 Å². The Kier molecular flexibility index (Phi) is 4.78. The molecule has 0 saturated heterocycles. The number of amides is 1. The Hall–Kier alpha value is -3.89. The molecule has 0 bridgehead atoms. The van der Waals surface area contributed by atoms with Crippen LogP contribution in [0.2, 0.25) is 0 Å². The maximum Gasteiger partial charge on any atom is 0.249 e. The normalized spacial score (nSPS) is 9.92. The minimum absolute atomic E-state index is 0.422. The van der Waals surface area contributed by atoms with Crippen LogP contribution in [0, 0.1) is 22.7 Å². The number of rotatable bonds is 4. The highest BCUT2D eigenvalue weighted by atomic mass is 16.1. The highest BCUT2D eigenvalue weighted by Gasteiger charge is 2.15. The Morgan fingerprint density at radius 2 is 1.58 bits per heavy atom. The molecule has 3 aromatic rings. The van der Waals surface area contributed by atoms with Crippen LogP contribution in [0.5, 0.6) is 0 Å². The molecule has 0 fully saturated rings. The molecule has 0 atom stereocenters. The quantitative estimate of drug-likeness (QED) is 0.785. The largest absolute Gasteiger partial charge is 0.366 e. The number of nitriles is 2. The summed E-state index contributed by atoms with van der Waals surface area (Å²) in [6.07, 6.45) is 0.582. The summed E-state index contributed by atoms with van der Waals surface area (Å²) in [4.78, 5) is 12.0. The van der Waals surface area contributed by atoms with Crippen LogP contribution in [0.15, 0.2) is 66.7 Å². The molecule has 0 aromatic heterocycles. The van der Waals surface area contributed by atoms with E-state index in [2.05, 4.69) is 12.1 Å². The van der Waals surface area contributed by atoms with Crippen LogP contribution in [-0.2, 0) is 6.42 Å². The standard InChI is InChI=1S/C22H15N3O/c23-13-16-9-7-15(8-10-16)11-18-5-2-6-20(22(25)26)21(18)19-4-1-3-17(12-19)14-24/h1-10,12H,11H2,(H2,25,26). The number of carbonyl (C=O) groups excluding carboxylic acids is 1. The molecule has 3 rings (SSSR count). The van der Waals surface area contributed by atoms with Crippen LogP contribution < -0.4 is 5.73 Å². The number of carbonyl (C=O) groups is 1. The first-order valence-electron chi connectivity index (χ1n) is 8.03. The third kappa shape index (κ3) is 3.45. The van der Waals surface area contributed by atoms with Gasteiger partial charge in [0.15, 0.2) is 0 Å². The topological polar surface area (TPSA) is 90.7 Å². The molecular formula is C22H15N3O. The Labute approximate surface area is 151 Å². The van der Waals surface area contributed by atoms with Crippen molar-refractivity contribution in [2.24, 2.45) is 5.73 Å². The summed E-state index contributed by atoms with van der Waals surface area (Å²) < 4.78 is 0. The van der Waals surface area contributed by atoms with Gasteiger partial charge in [0.25, 0.3) is 0 Å². The van der Waals surface area contributed by atoms with Gasteiger partial charge in [-0.3, -0.25) is 4.79 Å². The molecule has 0 saturated carbocycles. The first-order valence-corrected chi connectivity index (χ1v) is 8.03. The lowest BCUT2D eigenvalue weighted by Gasteiger charge is -2.14. The number of hydrogen-bond acceptors (Lipinski definition) is 3. The third-order valence-corrected chi connectivity index (χ3v) is 4.17. The Balaban J connectivity index is 2.13. The van der Waals surface area contributed by atoms with E-state index in [1.807, 2.05) is 24.3 Å². The van der Waals surface area contributed by atoms with Crippen LogP contribution >= 0.6 is 0 Å². The van der Waals surface area contributed by atoms with Crippen molar-refractivity contribution < 1.29 is 4.79 Å². The lowest BCUT2D eigenvalue weighted by Crippen LogP contribution is -2.13. The average Bonchev–Trinajstić information content (AvgIpc) is 2.68. The fourth-order valence-corrected chi connectivity index (χ4v) is 2.95. The van der Waals surface area contributed by atoms with Crippen molar-refractivity contribution >= 4 is 5.91 Å². The first-order chi connectivity index (χ1) is 12.6. The molecular weight excluding hydrogens is 322 g/mol. The average molecular weight is 337 g/mol. The van der Waals surface area contributed by atoms with Gasteiger partial charge in [-0.1, -0.05) is 36.4 Å². The Bertz CT molecular complexity index is 1050. The van der Waals surface area contributed by atoms with Gasteiger partial charge in [0.2, 0.25) is 5.91 Å². The van der Waals surface area contributed by atoms with Crippen molar-refractivity contribution in [3.63, 3.8) is 0 Å². The van der Waals surface area contributed by atoms with Crippen LogP contribution in [0.3, 0.4) is 0 Å². The van der Waals surface area contributed by atoms with Gasteiger partial charge in [-0.15, -0.1) is 0 Å². The summed E-state index contributed by atoms with van der Waals surface area (Å²) in [5.41, 5.74) is 10.6. The molecule has 26 heavy (non-hydrogen) atoms. The zero-order chi connectivity index (χ0) is 18.5. The highest BCUT2D eigenvalue weighted by molar-refractivity contribution is 6.00. The third-order valence-electron chi connectivity index (χ3n) is 4.17. The molecule has 0 aliphatic heterocycles. The number of benzene rings is 3. The van der Waals surface area contributed by atoms with Crippen molar-refractivity contribution in [1.82, 2.24) is 0 Å². The van der Waals surface area contributed by atoms with E-state index in [1.54, 1.807) is 42.5 Å². The van der Waals surface area contributed by atoms with Gasteiger partial charge in [0, 0.05) is 5.56 Å². The molecule has 4 nitrogen and oxygen atoms in total. The van der Waals surface area contributed by atoms with Gasteiger partial charge in [0.05, 0.1) is 23.3 Å². The molecule has 2 N–H and O–H groups in total. The lowest BCUT2D eigenvalue weighted by atomic mass is 9.90. The number of hydrogen-bond donors (Lipinski definition) is 1. The van der Waals surface area contributed by atoms with E-state index >= 15 is 0 Å². The van der Waals surface area contributed by atoms with Gasteiger partial charge in [-0.05, 0) is 59.0 Å². The van der Waals surface area contributed by atoms with Crippen molar-refractivity contribution in [3.8, 4) is 23.3 Å². The predicted molar refractivity (Wildman–Crippen MR) is 99.1 cm³/mol. The molecule has 1 amide bonds. The summed E-state index contributed by atoms with van der Waals surface area (Å²) in [6, 6.07) is 24.1. The fourth-order valence-electron chi connectivity index (χ4n) is 2.95. The Morgan fingerprint density at radius 3 is 2.23 bits per heavy atom. The van der Waals surface area contributed by atoms with Gasteiger partial charge in [0.1, 0.15) is 0 Å². The minimum Gasteiger partial charge on any atom is -0.366 e. The smallest absolute Gasteiger partial charge is 0.249 e. The van der Waals surface area contributed by atoms with E-state index in [4.69, 9.17) is 11.0 Å². The number of primary amides is 1. The van der Waals surface area contributed by atoms with Crippen LogP contribution in [0.25, 0.3) is 11.1 Å². The SMILES string of the molecule is N#Cc1ccc(Cc2cccc(C(N)=O)c2-c2cccc(C#N)c2)cc1. The summed E-state index contributed by atoms with van der Waals surface area (Å²) >= 11 is 0. The van der Waals surface area contributed by atoms with E-state index in [0.717, 1.165) is 22.3 Å². The summed E-state index contributed by atoms with van der Waals surface area (Å²) in [7, 11) is 0. The van der Waals surface area contributed by atoms with Crippen molar-refractivity contribution in [3.05, 3.63) is 94.5 Å². The Morgan fingerprint density at radius 1 is 0.885 bits per heavy atom. The zero-order valence-electron chi connectivity index (χ0n) is 13.9. The number of nitrogens with zero attached hydrogens (tertiary/aromatic N) is 2. The molecule has 0 aliphatic rings. The van der Waals surface area contributed by atoms with E-state index in [-0.39, 0.29) is 0 Å². The predicted octanol–water partition coefficient (Wildman–Crippen LogP) is 3.79. The second kappa shape index (κ2) is 7.34. The summed E-state index contributed by atoms with van der Waals surface area (Å²) in [6.45, 7) is 0.